The molecular weight excluding hydrogens is 653 g/mol. The Balaban J connectivity index is 1.83. The van der Waals surface area contributed by atoms with Gasteiger partial charge in [-0.2, -0.15) is 0 Å². The standard InChI is InChI=1S/C34H34Cl3N3O4S/c1-4-38-34(42)32(20-25-8-6-5-7-9-25)39(21-26-12-16-29(36)30(37)19-26)33(41)22-40(31-17-13-27(35)18-24(31)3)45(43,44)28-14-10-23(2)11-15-28/h5-19,32H,4,20-22H2,1-3H3,(H,38,42). The number of halogens is 3. The van der Waals surface area contributed by atoms with E-state index in [1.807, 2.05) is 37.3 Å². The van der Waals surface area contributed by atoms with Crippen LogP contribution in [0.5, 0.6) is 0 Å². The van der Waals surface area contributed by atoms with Crippen molar-refractivity contribution in [3.05, 3.63) is 128 Å². The molecule has 236 valence electrons. The fourth-order valence-corrected chi connectivity index (χ4v) is 6.96. The lowest BCUT2D eigenvalue weighted by atomic mass is 10.0. The zero-order chi connectivity index (χ0) is 32.7. The van der Waals surface area contributed by atoms with E-state index in [1.54, 1.807) is 62.4 Å². The molecule has 1 atom stereocenters. The summed E-state index contributed by atoms with van der Waals surface area (Å²) in [5.74, 6) is -0.955. The molecule has 0 aliphatic heterocycles. The lowest BCUT2D eigenvalue weighted by Gasteiger charge is -2.34. The zero-order valence-corrected chi connectivity index (χ0v) is 28.2. The number of carbonyl (C=O) groups excluding carboxylic acids is 2. The second-order valence-corrected chi connectivity index (χ2v) is 13.7. The monoisotopic (exact) mass is 685 g/mol. The van der Waals surface area contributed by atoms with E-state index in [4.69, 9.17) is 34.8 Å². The van der Waals surface area contributed by atoms with Crippen LogP contribution in [-0.4, -0.2) is 44.3 Å². The van der Waals surface area contributed by atoms with Crippen molar-refractivity contribution in [3.63, 3.8) is 0 Å². The highest BCUT2D eigenvalue weighted by atomic mass is 35.5. The van der Waals surface area contributed by atoms with Crippen molar-refractivity contribution in [1.29, 1.82) is 0 Å². The van der Waals surface area contributed by atoms with Gasteiger partial charge in [0.1, 0.15) is 12.6 Å². The second-order valence-electron chi connectivity index (χ2n) is 10.6. The molecule has 0 bridgehead atoms. The largest absolute Gasteiger partial charge is 0.355 e. The molecule has 0 heterocycles. The molecular formula is C34H34Cl3N3O4S. The number of hydrogen-bond donors (Lipinski definition) is 1. The van der Waals surface area contributed by atoms with Gasteiger partial charge >= 0.3 is 0 Å². The number of rotatable bonds is 12. The van der Waals surface area contributed by atoms with Gasteiger partial charge in [0.2, 0.25) is 11.8 Å². The van der Waals surface area contributed by atoms with Gasteiger partial charge in [-0.1, -0.05) is 88.9 Å². The molecule has 4 aromatic carbocycles. The van der Waals surface area contributed by atoms with Crippen LogP contribution in [0.4, 0.5) is 5.69 Å². The Kier molecular flexibility index (Phi) is 11.6. The van der Waals surface area contributed by atoms with E-state index in [2.05, 4.69) is 5.32 Å². The van der Waals surface area contributed by atoms with E-state index in [0.29, 0.717) is 38.4 Å². The number of likely N-dealkylation sites (N-methyl/N-ethyl adjacent to an activating group) is 1. The molecule has 0 aromatic heterocycles. The summed E-state index contributed by atoms with van der Waals surface area (Å²) in [6, 6.07) is 24.5. The molecule has 0 radical (unpaired) electrons. The quantitative estimate of drug-likeness (QED) is 0.170. The topological polar surface area (TPSA) is 86.8 Å². The maximum Gasteiger partial charge on any atom is 0.264 e. The van der Waals surface area contributed by atoms with Gasteiger partial charge in [-0.25, -0.2) is 8.42 Å². The number of benzene rings is 4. The number of anilines is 1. The van der Waals surface area contributed by atoms with Crippen LogP contribution in [0.2, 0.25) is 15.1 Å². The molecule has 11 heteroatoms. The molecule has 0 aliphatic carbocycles. The summed E-state index contributed by atoms with van der Waals surface area (Å²) in [5, 5.41) is 3.90. The van der Waals surface area contributed by atoms with E-state index >= 15 is 0 Å². The lowest BCUT2D eigenvalue weighted by Crippen LogP contribution is -2.53. The number of carbonyl (C=O) groups is 2. The van der Waals surface area contributed by atoms with Gasteiger partial charge in [0.05, 0.1) is 20.6 Å². The molecule has 7 nitrogen and oxygen atoms in total. The van der Waals surface area contributed by atoms with Crippen molar-refractivity contribution < 1.29 is 18.0 Å². The molecule has 4 aromatic rings. The fourth-order valence-electron chi connectivity index (χ4n) is 4.93. The average Bonchev–Trinajstić information content (AvgIpc) is 3.00. The van der Waals surface area contributed by atoms with Gasteiger partial charge < -0.3 is 10.2 Å². The van der Waals surface area contributed by atoms with Gasteiger partial charge in [-0.3, -0.25) is 13.9 Å². The average molecular weight is 687 g/mol. The van der Waals surface area contributed by atoms with Crippen LogP contribution in [0, 0.1) is 13.8 Å². The third-order valence-corrected chi connectivity index (χ3v) is 10.0. The third-order valence-electron chi connectivity index (χ3n) is 7.27. The fraction of sp³-hybridized carbons (Fsp3) is 0.235. The Morgan fingerprint density at radius 1 is 0.822 bits per heavy atom. The van der Waals surface area contributed by atoms with Crippen LogP contribution in [-0.2, 0) is 32.6 Å². The van der Waals surface area contributed by atoms with Crippen LogP contribution < -0.4 is 9.62 Å². The summed E-state index contributed by atoms with van der Waals surface area (Å²) in [7, 11) is -4.23. The van der Waals surface area contributed by atoms with Crippen molar-refractivity contribution in [2.75, 3.05) is 17.4 Å². The number of sulfonamides is 1. The number of nitrogens with zero attached hydrogens (tertiary/aromatic N) is 2. The van der Waals surface area contributed by atoms with Crippen molar-refractivity contribution >= 4 is 62.3 Å². The van der Waals surface area contributed by atoms with Crippen LogP contribution >= 0.6 is 34.8 Å². The molecule has 0 aliphatic rings. The Morgan fingerprint density at radius 2 is 1.51 bits per heavy atom. The van der Waals surface area contributed by atoms with Crippen LogP contribution in [0.1, 0.15) is 29.2 Å². The van der Waals surface area contributed by atoms with Crippen molar-refractivity contribution in [3.8, 4) is 0 Å². The van der Waals surface area contributed by atoms with E-state index in [0.717, 1.165) is 15.4 Å². The summed E-state index contributed by atoms with van der Waals surface area (Å²) in [5.41, 5.74) is 3.19. The van der Waals surface area contributed by atoms with Crippen molar-refractivity contribution in [1.82, 2.24) is 10.2 Å². The second kappa shape index (κ2) is 15.1. The Morgan fingerprint density at radius 3 is 2.13 bits per heavy atom. The molecule has 0 saturated heterocycles. The van der Waals surface area contributed by atoms with Crippen molar-refractivity contribution in [2.45, 2.75) is 44.7 Å². The SMILES string of the molecule is CCNC(=O)C(Cc1ccccc1)N(Cc1ccc(Cl)c(Cl)c1)C(=O)CN(c1ccc(Cl)cc1C)S(=O)(=O)c1ccc(C)cc1. The van der Waals surface area contributed by atoms with E-state index in [1.165, 1.54) is 17.0 Å². The number of aryl methyl sites for hydroxylation is 2. The molecule has 0 saturated carbocycles. The van der Waals surface area contributed by atoms with Crippen LogP contribution in [0.3, 0.4) is 0 Å². The van der Waals surface area contributed by atoms with Gasteiger partial charge in [0, 0.05) is 24.5 Å². The van der Waals surface area contributed by atoms with E-state index in [9.17, 15) is 18.0 Å². The first-order chi connectivity index (χ1) is 21.4. The van der Waals surface area contributed by atoms with E-state index in [-0.39, 0.29) is 23.8 Å². The Bertz CT molecular complexity index is 1770. The minimum atomic E-state index is -4.23. The minimum Gasteiger partial charge on any atom is -0.355 e. The number of hydrogen-bond acceptors (Lipinski definition) is 4. The molecule has 1 unspecified atom stereocenters. The van der Waals surface area contributed by atoms with Gasteiger partial charge in [0.15, 0.2) is 0 Å². The minimum absolute atomic E-state index is 0.0239. The molecule has 4 rings (SSSR count). The van der Waals surface area contributed by atoms with E-state index < -0.39 is 28.5 Å². The van der Waals surface area contributed by atoms with Crippen LogP contribution in [0.25, 0.3) is 0 Å². The highest BCUT2D eigenvalue weighted by molar-refractivity contribution is 7.92. The summed E-state index contributed by atoms with van der Waals surface area (Å²) >= 11 is 18.7. The molecule has 0 fully saturated rings. The zero-order valence-electron chi connectivity index (χ0n) is 25.1. The van der Waals surface area contributed by atoms with Crippen LogP contribution in [0.15, 0.2) is 95.9 Å². The first-order valence-corrected chi connectivity index (χ1v) is 16.9. The van der Waals surface area contributed by atoms with Crippen molar-refractivity contribution in [2.24, 2.45) is 0 Å². The highest BCUT2D eigenvalue weighted by Gasteiger charge is 2.35. The summed E-state index contributed by atoms with van der Waals surface area (Å²) < 4.78 is 29.4. The summed E-state index contributed by atoms with van der Waals surface area (Å²) in [6.07, 6.45) is 0.199. The predicted octanol–water partition coefficient (Wildman–Crippen LogP) is 7.24. The number of nitrogens with one attached hydrogen (secondary N) is 1. The maximum atomic E-state index is 14.5. The summed E-state index contributed by atoms with van der Waals surface area (Å²) in [6.45, 7) is 5.12. The first-order valence-electron chi connectivity index (χ1n) is 14.3. The van der Waals surface area contributed by atoms with Gasteiger partial charge in [-0.15, -0.1) is 0 Å². The first kappa shape index (κ1) is 34.3. The predicted molar refractivity (Wildman–Crippen MR) is 182 cm³/mol. The molecule has 2 amide bonds. The Hall–Kier alpha value is -3.56. The normalized spacial score (nSPS) is 12.0. The molecule has 45 heavy (non-hydrogen) atoms. The maximum absolute atomic E-state index is 14.5. The van der Waals surface area contributed by atoms with Gasteiger partial charge in [-0.05, 0) is 79.9 Å². The highest BCUT2D eigenvalue weighted by Crippen LogP contribution is 2.30. The third kappa shape index (κ3) is 8.58. The number of amides is 2. The Labute approximate surface area is 279 Å². The summed E-state index contributed by atoms with van der Waals surface area (Å²) in [4.78, 5) is 29.5. The molecule has 1 N–H and O–H groups in total. The van der Waals surface area contributed by atoms with Gasteiger partial charge in [0.25, 0.3) is 10.0 Å². The molecule has 0 spiro atoms. The smallest absolute Gasteiger partial charge is 0.264 e. The lowest BCUT2D eigenvalue weighted by molar-refractivity contribution is -0.140.